The fraction of sp³-hybridized carbons (Fsp3) is 0.167. The van der Waals surface area contributed by atoms with Gasteiger partial charge in [0, 0.05) is 6.07 Å². The molecule has 0 saturated carbocycles. The Hall–Kier alpha value is -1.14. The molecule has 0 spiro atoms. The highest BCUT2D eigenvalue weighted by atomic mass is 35.5. The van der Waals surface area contributed by atoms with Crippen molar-refractivity contribution in [2.24, 2.45) is 0 Å². The molecule has 68 valence electrons. The Bertz CT molecular complexity index is 374. The van der Waals surface area contributed by atoms with E-state index in [1.807, 2.05) is 0 Å². The number of hydrogen-bond donors (Lipinski definition) is 1. The van der Waals surface area contributed by atoms with Gasteiger partial charge in [0.2, 0.25) is 0 Å². The van der Waals surface area contributed by atoms with Crippen LogP contribution in [0.1, 0.15) is 5.76 Å². The van der Waals surface area contributed by atoms with Crippen LogP contribution in [-0.4, -0.2) is 13.9 Å². The standard InChI is InChI=1S/C6H5ClN4OS/c7-5-6(11-13-10-5)8-3-4-1-2-9-12-4/h1-2H,3H2,(H,8,11). The second-order valence-corrected chi connectivity index (χ2v) is 3.12. The summed E-state index contributed by atoms with van der Waals surface area (Å²) in [6.07, 6.45) is 1.58. The van der Waals surface area contributed by atoms with Gasteiger partial charge in [0.25, 0.3) is 0 Å². The van der Waals surface area contributed by atoms with Crippen LogP contribution in [0.4, 0.5) is 5.82 Å². The van der Waals surface area contributed by atoms with E-state index in [1.54, 1.807) is 12.3 Å². The monoisotopic (exact) mass is 216 g/mol. The first-order chi connectivity index (χ1) is 6.36. The van der Waals surface area contributed by atoms with E-state index in [0.29, 0.717) is 17.5 Å². The lowest BCUT2D eigenvalue weighted by Gasteiger charge is -1.97. The van der Waals surface area contributed by atoms with E-state index >= 15 is 0 Å². The summed E-state index contributed by atoms with van der Waals surface area (Å²) in [7, 11) is 0. The fourth-order valence-corrected chi connectivity index (χ4v) is 1.47. The Kier molecular flexibility index (Phi) is 2.42. The van der Waals surface area contributed by atoms with Gasteiger partial charge in [-0.25, -0.2) is 0 Å². The third kappa shape index (κ3) is 1.96. The van der Waals surface area contributed by atoms with Crippen molar-refractivity contribution < 1.29 is 4.52 Å². The summed E-state index contributed by atoms with van der Waals surface area (Å²) in [4.78, 5) is 0. The van der Waals surface area contributed by atoms with Gasteiger partial charge in [-0.2, -0.15) is 8.75 Å². The normalized spacial score (nSPS) is 10.2. The molecule has 0 aromatic carbocycles. The Morgan fingerprint density at radius 1 is 1.54 bits per heavy atom. The number of anilines is 1. The average Bonchev–Trinajstić information content (AvgIpc) is 2.72. The lowest BCUT2D eigenvalue weighted by Crippen LogP contribution is -1.98. The number of nitrogens with one attached hydrogen (secondary N) is 1. The van der Waals surface area contributed by atoms with Crippen LogP contribution in [0.15, 0.2) is 16.8 Å². The fourth-order valence-electron chi connectivity index (χ4n) is 0.787. The minimum Gasteiger partial charge on any atom is -0.360 e. The van der Waals surface area contributed by atoms with Gasteiger partial charge in [-0.1, -0.05) is 16.8 Å². The highest BCUT2D eigenvalue weighted by Gasteiger charge is 2.04. The summed E-state index contributed by atoms with van der Waals surface area (Å²) in [6, 6.07) is 1.76. The summed E-state index contributed by atoms with van der Waals surface area (Å²) >= 11 is 6.77. The summed E-state index contributed by atoms with van der Waals surface area (Å²) in [5.41, 5.74) is 0. The third-order valence-electron chi connectivity index (χ3n) is 1.37. The van der Waals surface area contributed by atoms with Crippen molar-refractivity contribution in [1.29, 1.82) is 0 Å². The van der Waals surface area contributed by atoms with Gasteiger partial charge in [0.1, 0.15) is 0 Å². The molecule has 0 aliphatic rings. The maximum absolute atomic E-state index is 5.71. The Morgan fingerprint density at radius 3 is 3.08 bits per heavy atom. The zero-order valence-corrected chi connectivity index (χ0v) is 7.97. The molecule has 0 unspecified atom stereocenters. The highest BCUT2D eigenvalue weighted by Crippen LogP contribution is 2.18. The third-order valence-corrected chi connectivity index (χ3v) is 2.26. The van der Waals surface area contributed by atoms with E-state index < -0.39 is 0 Å². The molecule has 2 heterocycles. The maximum atomic E-state index is 5.71. The van der Waals surface area contributed by atoms with Crippen molar-refractivity contribution in [2.45, 2.75) is 6.54 Å². The van der Waals surface area contributed by atoms with Crippen molar-refractivity contribution in [3.8, 4) is 0 Å². The van der Waals surface area contributed by atoms with Gasteiger partial charge < -0.3 is 9.84 Å². The molecule has 2 rings (SSSR count). The first-order valence-corrected chi connectivity index (χ1v) is 4.58. The lowest BCUT2D eigenvalue weighted by atomic mass is 10.4. The van der Waals surface area contributed by atoms with E-state index in [2.05, 4.69) is 19.2 Å². The van der Waals surface area contributed by atoms with Gasteiger partial charge in [-0.3, -0.25) is 0 Å². The molecule has 0 bridgehead atoms. The zero-order chi connectivity index (χ0) is 9.10. The minimum atomic E-state index is 0.379. The quantitative estimate of drug-likeness (QED) is 0.848. The second-order valence-electron chi connectivity index (χ2n) is 2.24. The SMILES string of the molecule is Clc1nsnc1NCc1ccno1. The first kappa shape index (κ1) is 8.46. The molecule has 0 aliphatic carbocycles. The molecule has 0 radical (unpaired) electrons. The highest BCUT2D eigenvalue weighted by molar-refractivity contribution is 6.99. The van der Waals surface area contributed by atoms with E-state index in [1.165, 1.54) is 0 Å². The maximum Gasteiger partial charge on any atom is 0.186 e. The van der Waals surface area contributed by atoms with E-state index in [9.17, 15) is 0 Å². The van der Waals surface area contributed by atoms with Crippen molar-refractivity contribution in [3.05, 3.63) is 23.2 Å². The lowest BCUT2D eigenvalue weighted by molar-refractivity contribution is 0.388. The molecule has 2 aromatic heterocycles. The molecule has 7 heteroatoms. The summed E-state index contributed by atoms with van der Waals surface area (Å²) < 4.78 is 12.6. The molecule has 0 saturated heterocycles. The van der Waals surface area contributed by atoms with Crippen molar-refractivity contribution in [1.82, 2.24) is 13.9 Å². The van der Waals surface area contributed by atoms with Crippen LogP contribution >= 0.6 is 23.3 Å². The molecule has 0 fully saturated rings. The zero-order valence-electron chi connectivity index (χ0n) is 6.40. The molecular weight excluding hydrogens is 212 g/mol. The van der Waals surface area contributed by atoms with Crippen molar-refractivity contribution >= 4 is 29.1 Å². The number of rotatable bonds is 3. The van der Waals surface area contributed by atoms with Crippen molar-refractivity contribution in [3.63, 3.8) is 0 Å². The molecule has 5 nitrogen and oxygen atoms in total. The smallest absolute Gasteiger partial charge is 0.186 e. The molecule has 0 aliphatic heterocycles. The van der Waals surface area contributed by atoms with E-state index in [0.717, 1.165) is 17.5 Å². The van der Waals surface area contributed by atoms with Gasteiger partial charge in [-0.15, -0.1) is 0 Å². The van der Waals surface area contributed by atoms with Crippen molar-refractivity contribution in [2.75, 3.05) is 5.32 Å². The summed E-state index contributed by atoms with van der Waals surface area (Å²) in [5.74, 6) is 1.30. The number of halogens is 1. The summed E-state index contributed by atoms with van der Waals surface area (Å²) in [5, 5.41) is 6.91. The summed E-state index contributed by atoms with van der Waals surface area (Å²) in [6.45, 7) is 0.505. The van der Waals surface area contributed by atoms with E-state index in [4.69, 9.17) is 16.1 Å². The predicted octanol–water partition coefficient (Wildman–Crippen LogP) is 1.79. The van der Waals surface area contributed by atoms with Crippen LogP contribution in [0, 0.1) is 0 Å². The second kappa shape index (κ2) is 3.71. The van der Waals surface area contributed by atoms with Gasteiger partial charge >= 0.3 is 0 Å². The Labute approximate surface area is 83.0 Å². The topological polar surface area (TPSA) is 63.8 Å². The Balaban J connectivity index is 1.97. The average molecular weight is 217 g/mol. The van der Waals surface area contributed by atoms with E-state index in [-0.39, 0.29) is 0 Å². The predicted molar refractivity (Wildman–Crippen MR) is 48.7 cm³/mol. The van der Waals surface area contributed by atoms with Gasteiger partial charge in [0.15, 0.2) is 16.7 Å². The van der Waals surface area contributed by atoms with Crippen LogP contribution in [-0.2, 0) is 6.54 Å². The number of aromatic nitrogens is 3. The minimum absolute atomic E-state index is 0.379. The largest absolute Gasteiger partial charge is 0.360 e. The Morgan fingerprint density at radius 2 is 2.46 bits per heavy atom. The first-order valence-electron chi connectivity index (χ1n) is 3.48. The molecule has 0 amide bonds. The van der Waals surface area contributed by atoms with Crippen LogP contribution in [0.5, 0.6) is 0 Å². The van der Waals surface area contributed by atoms with Gasteiger partial charge in [-0.05, 0) is 0 Å². The molecule has 0 atom stereocenters. The van der Waals surface area contributed by atoms with Gasteiger partial charge in [0.05, 0.1) is 24.5 Å². The molecule has 13 heavy (non-hydrogen) atoms. The van der Waals surface area contributed by atoms with Crippen LogP contribution in [0.3, 0.4) is 0 Å². The van der Waals surface area contributed by atoms with Crippen LogP contribution in [0.25, 0.3) is 0 Å². The van der Waals surface area contributed by atoms with Crippen LogP contribution < -0.4 is 5.32 Å². The van der Waals surface area contributed by atoms with Crippen LogP contribution in [0.2, 0.25) is 5.15 Å². The molecule has 2 aromatic rings. The molecular formula is C6H5ClN4OS. The number of hydrogen-bond acceptors (Lipinski definition) is 6. The number of nitrogens with zero attached hydrogens (tertiary/aromatic N) is 3. The molecule has 1 N–H and O–H groups in total.